The largest absolute Gasteiger partial charge is 0.493 e. The van der Waals surface area contributed by atoms with Gasteiger partial charge in [0.15, 0.2) is 27.3 Å². The number of hydrogen-bond donors (Lipinski definition) is 2. The third-order valence-electron chi connectivity index (χ3n) is 3.36. The van der Waals surface area contributed by atoms with Crippen molar-refractivity contribution >= 4 is 15.8 Å². The number of nitrogens with zero attached hydrogens (tertiary/aromatic N) is 1. The zero-order chi connectivity index (χ0) is 18.0. The van der Waals surface area contributed by atoms with Gasteiger partial charge in [0, 0.05) is 18.8 Å². The molecule has 0 spiro atoms. The van der Waals surface area contributed by atoms with Crippen LogP contribution in [0.4, 0.5) is 0 Å². The van der Waals surface area contributed by atoms with Gasteiger partial charge < -0.3 is 20.1 Å². The predicted octanol–water partition coefficient (Wildman–Crippen LogP) is 1.19. The molecule has 0 radical (unpaired) electrons. The van der Waals surface area contributed by atoms with Crippen molar-refractivity contribution in [2.45, 2.75) is 20.4 Å². The minimum absolute atomic E-state index is 0.0876. The molecule has 0 aromatic heterocycles. The van der Waals surface area contributed by atoms with Crippen LogP contribution in [0.15, 0.2) is 23.2 Å². The lowest BCUT2D eigenvalue weighted by atomic mass is 10.2. The highest BCUT2D eigenvalue weighted by atomic mass is 32.2. The van der Waals surface area contributed by atoms with Crippen molar-refractivity contribution in [3.8, 4) is 11.5 Å². The van der Waals surface area contributed by atoms with Gasteiger partial charge in [-0.3, -0.25) is 0 Å². The van der Waals surface area contributed by atoms with Crippen LogP contribution < -0.4 is 20.1 Å². The Morgan fingerprint density at radius 3 is 2.42 bits per heavy atom. The van der Waals surface area contributed by atoms with Crippen molar-refractivity contribution in [2.75, 3.05) is 38.8 Å². The molecular weight excluding hydrogens is 330 g/mol. The van der Waals surface area contributed by atoms with Crippen molar-refractivity contribution in [3.05, 3.63) is 23.8 Å². The van der Waals surface area contributed by atoms with Gasteiger partial charge in [0.05, 0.1) is 26.5 Å². The molecule has 0 unspecified atom stereocenters. The molecular formula is C16H27N3O4S. The Balaban J connectivity index is 2.71. The Kier molecular flexibility index (Phi) is 8.39. The Bertz CT molecular complexity index is 645. The van der Waals surface area contributed by atoms with Gasteiger partial charge in [0.2, 0.25) is 0 Å². The fraction of sp³-hybridized carbons (Fsp3) is 0.562. The van der Waals surface area contributed by atoms with E-state index >= 15 is 0 Å². The van der Waals surface area contributed by atoms with Gasteiger partial charge in [0.1, 0.15) is 0 Å². The van der Waals surface area contributed by atoms with Crippen LogP contribution in [0.1, 0.15) is 19.4 Å². The predicted molar refractivity (Wildman–Crippen MR) is 96.7 cm³/mol. The van der Waals surface area contributed by atoms with E-state index in [-0.39, 0.29) is 11.5 Å². The maximum Gasteiger partial charge on any atom is 0.191 e. The highest BCUT2D eigenvalue weighted by Gasteiger charge is 2.08. The molecule has 0 saturated carbocycles. The first-order valence-corrected chi connectivity index (χ1v) is 9.71. The van der Waals surface area contributed by atoms with Crippen molar-refractivity contribution < 1.29 is 17.9 Å². The minimum atomic E-state index is -2.99. The highest BCUT2D eigenvalue weighted by Crippen LogP contribution is 2.27. The molecule has 0 bridgehead atoms. The van der Waals surface area contributed by atoms with Crippen LogP contribution in [0, 0.1) is 0 Å². The number of aliphatic imine (C=N–C) groups is 1. The zero-order valence-corrected chi connectivity index (χ0v) is 15.6. The summed E-state index contributed by atoms with van der Waals surface area (Å²) in [5.41, 5.74) is 0.964. The summed E-state index contributed by atoms with van der Waals surface area (Å²) in [4.78, 5) is 4.46. The molecule has 7 nitrogen and oxygen atoms in total. The fourth-order valence-electron chi connectivity index (χ4n) is 1.96. The maximum absolute atomic E-state index is 11.5. The van der Waals surface area contributed by atoms with E-state index in [1.165, 1.54) is 0 Å². The normalized spacial score (nSPS) is 11.9. The molecule has 0 aliphatic rings. The summed E-state index contributed by atoms with van der Waals surface area (Å²) in [6.07, 6.45) is 0. The lowest BCUT2D eigenvalue weighted by Crippen LogP contribution is -2.39. The number of sulfone groups is 1. The molecule has 0 aliphatic heterocycles. The van der Waals surface area contributed by atoms with Crippen molar-refractivity contribution in [2.24, 2.45) is 4.99 Å². The summed E-state index contributed by atoms with van der Waals surface area (Å²) < 4.78 is 33.5. The smallest absolute Gasteiger partial charge is 0.191 e. The van der Waals surface area contributed by atoms with Crippen molar-refractivity contribution in [1.29, 1.82) is 0 Å². The van der Waals surface area contributed by atoms with Crippen LogP contribution in [0.5, 0.6) is 11.5 Å². The molecule has 1 rings (SSSR count). The molecule has 0 atom stereocenters. The van der Waals surface area contributed by atoms with E-state index in [2.05, 4.69) is 15.6 Å². The summed E-state index contributed by atoms with van der Waals surface area (Å²) in [7, 11) is 0.189. The van der Waals surface area contributed by atoms with E-state index in [0.717, 1.165) is 5.56 Å². The Morgan fingerprint density at radius 2 is 1.83 bits per heavy atom. The topological polar surface area (TPSA) is 89.0 Å². The average molecular weight is 357 g/mol. The molecule has 2 N–H and O–H groups in total. The second-order valence-corrected chi connectivity index (χ2v) is 7.52. The third-order valence-corrected chi connectivity index (χ3v) is 5.06. The zero-order valence-electron chi connectivity index (χ0n) is 14.8. The van der Waals surface area contributed by atoms with Crippen molar-refractivity contribution in [1.82, 2.24) is 10.6 Å². The van der Waals surface area contributed by atoms with E-state index in [9.17, 15) is 8.42 Å². The third kappa shape index (κ3) is 6.66. The van der Waals surface area contributed by atoms with Crippen LogP contribution in [0.25, 0.3) is 0 Å². The molecule has 8 heteroatoms. The Labute approximate surface area is 144 Å². The molecule has 0 fully saturated rings. The van der Waals surface area contributed by atoms with Crippen molar-refractivity contribution in [3.63, 3.8) is 0 Å². The van der Waals surface area contributed by atoms with Gasteiger partial charge in [0.25, 0.3) is 0 Å². The summed E-state index contributed by atoms with van der Waals surface area (Å²) >= 11 is 0. The first-order chi connectivity index (χ1) is 11.5. The van der Waals surface area contributed by atoms with Crippen LogP contribution in [0.3, 0.4) is 0 Å². The number of rotatable bonds is 9. The molecule has 1 aromatic rings. The second kappa shape index (κ2) is 10.0. The van der Waals surface area contributed by atoms with E-state index < -0.39 is 9.84 Å². The SMILES string of the molecule is CCNC(=NCc1ccc(OC)c(OC)c1)NCCS(=O)(=O)CC. The standard InChI is InChI=1S/C16H27N3O4S/c1-5-17-16(18-9-10-24(20,21)6-2)19-12-13-7-8-14(22-3)15(11-13)23-4/h7-8,11H,5-6,9-10,12H2,1-4H3,(H2,17,18,19). The number of methoxy groups -OCH3 is 2. The van der Waals surface area contributed by atoms with Crippen LogP contribution in [-0.2, 0) is 16.4 Å². The number of guanidine groups is 1. The van der Waals surface area contributed by atoms with Gasteiger partial charge in [-0.2, -0.15) is 0 Å². The van der Waals surface area contributed by atoms with E-state index in [1.54, 1.807) is 21.1 Å². The lowest BCUT2D eigenvalue weighted by molar-refractivity contribution is 0.354. The second-order valence-electron chi connectivity index (χ2n) is 5.05. The number of benzene rings is 1. The van der Waals surface area contributed by atoms with Gasteiger partial charge in [-0.1, -0.05) is 13.0 Å². The number of nitrogens with one attached hydrogen (secondary N) is 2. The van der Waals surface area contributed by atoms with Gasteiger partial charge in [-0.15, -0.1) is 0 Å². The fourth-order valence-corrected chi connectivity index (χ4v) is 2.66. The van der Waals surface area contributed by atoms with Crippen LogP contribution in [-0.4, -0.2) is 53.2 Å². The molecule has 0 saturated heterocycles. The number of ether oxygens (including phenoxy) is 2. The average Bonchev–Trinajstić information content (AvgIpc) is 2.59. The lowest BCUT2D eigenvalue weighted by Gasteiger charge is -2.12. The first-order valence-electron chi connectivity index (χ1n) is 7.89. The van der Waals surface area contributed by atoms with Gasteiger partial charge >= 0.3 is 0 Å². The summed E-state index contributed by atoms with van der Waals surface area (Å²) in [5, 5.41) is 6.13. The number of hydrogen-bond acceptors (Lipinski definition) is 5. The molecule has 0 amide bonds. The molecule has 0 heterocycles. The van der Waals surface area contributed by atoms with Crippen LogP contribution in [0.2, 0.25) is 0 Å². The monoisotopic (exact) mass is 357 g/mol. The Morgan fingerprint density at radius 1 is 1.12 bits per heavy atom. The van der Waals surface area contributed by atoms with Gasteiger partial charge in [-0.25, -0.2) is 13.4 Å². The quantitative estimate of drug-likeness (QED) is 0.510. The molecule has 1 aromatic carbocycles. The molecule has 0 aliphatic carbocycles. The summed E-state index contributed by atoms with van der Waals surface area (Å²) in [6, 6.07) is 5.61. The first kappa shape index (κ1) is 20.1. The highest BCUT2D eigenvalue weighted by molar-refractivity contribution is 7.91. The van der Waals surface area contributed by atoms with E-state index in [1.807, 2.05) is 25.1 Å². The van der Waals surface area contributed by atoms with E-state index in [0.29, 0.717) is 37.1 Å². The molecule has 24 heavy (non-hydrogen) atoms. The Hall–Kier alpha value is -1.96. The van der Waals surface area contributed by atoms with E-state index in [4.69, 9.17) is 9.47 Å². The maximum atomic E-state index is 11.5. The van der Waals surface area contributed by atoms with Gasteiger partial charge in [-0.05, 0) is 24.6 Å². The minimum Gasteiger partial charge on any atom is -0.493 e. The summed E-state index contributed by atoms with van der Waals surface area (Å²) in [5.74, 6) is 2.13. The molecule has 136 valence electrons. The van der Waals surface area contributed by atoms with Crippen LogP contribution >= 0.6 is 0 Å². The summed E-state index contributed by atoms with van der Waals surface area (Å²) in [6.45, 7) is 5.06.